The Hall–Kier alpha value is -3.17. The Labute approximate surface area is 169 Å². The van der Waals surface area contributed by atoms with Crippen molar-refractivity contribution in [1.82, 2.24) is 0 Å². The normalized spacial score (nSPS) is 15.2. The van der Waals surface area contributed by atoms with Crippen molar-refractivity contribution in [2.75, 3.05) is 23.3 Å². The second-order valence-corrected chi connectivity index (χ2v) is 7.19. The fourth-order valence-electron chi connectivity index (χ4n) is 3.47. The summed E-state index contributed by atoms with van der Waals surface area (Å²) in [4.78, 5) is 24.5. The molecule has 3 rings (SSSR count). The minimum absolute atomic E-state index is 0.0802. The van der Waals surface area contributed by atoms with E-state index in [1.165, 1.54) is 12.1 Å². The highest BCUT2D eigenvalue weighted by Gasteiger charge is 2.35. The van der Waals surface area contributed by atoms with E-state index in [1.807, 2.05) is 0 Å². The highest BCUT2D eigenvalue weighted by molar-refractivity contribution is 5.93. The number of hydrogen-bond acceptors (Lipinski definition) is 4. The maximum atomic E-state index is 13.9. The maximum Gasteiger partial charge on any atom is 0.416 e. The van der Waals surface area contributed by atoms with Crippen LogP contribution in [0.5, 0.6) is 0 Å². The molecule has 0 unspecified atom stereocenters. The smallest absolute Gasteiger partial charge is 0.366 e. The Bertz CT molecular complexity index is 970. The molecule has 1 aliphatic rings. The van der Waals surface area contributed by atoms with Crippen molar-refractivity contribution in [1.29, 1.82) is 0 Å². The Kier molecular flexibility index (Phi) is 5.95. The van der Waals surface area contributed by atoms with Crippen molar-refractivity contribution < 1.29 is 27.3 Å². The van der Waals surface area contributed by atoms with Gasteiger partial charge in [-0.15, -0.1) is 0 Å². The average Bonchev–Trinajstić information content (AvgIpc) is 2.69. The van der Waals surface area contributed by atoms with Crippen LogP contribution in [-0.2, 0) is 11.0 Å². The number of nitro benzene ring substituents is 1. The van der Waals surface area contributed by atoms with Crippen molar-refractivity contribution in [3.05, 3.63) is 63.5 Å². The predicted octanol–water partition coefficient (Wildman–Crippen LogP) is 4.92. The quantitative estimate of drug-likeness (QED) is 0.429. The van der Waals surface area contributed by atoms with Crippen LogP contribution in [0.1, 0.15) is 24.0 Å². The molecule has 0 atom stereocenters. The lowest BCUT2D eigenvalue weighted by molar-refractivity contribution is -0.384. The fourth-order valence-corrected chi connectivity index (χ4v) is 3.47. The Morgan fingerprint density at radius 3 is 2.43 bits per heavy atom. The Morgan fingerprint density at radius 1 is 1.17 bits per heavy atom. The monoisotopic (exact) mass is 425 g/mol. The SMILES string of the molecule is Cc1ccc(F)c(NC(=O)C2CCN(c3ccc(C(F)(F)F)cc3[N+](=O)[O-])CC2)c1. The molecule has 0 spiro atoms. The summed E-state index contributed by atoms with van der Waals surface area (Å²) in [5.74, 6) is -1.34. The van der Waals surface area contributed by atoms with Crippen LogP contribution in [0.3, 0.4) is 0 Å². The van der Waals surface area contributed by atoms with Crippen molar-refractivity contribution >= 4 is 23.0 Å². The second kappa shape index (κ2) is 8.29. The summed E-state index contributed by atoms with van der Waals surface area (Å²) in [6.45, 7) is 2.27. The molecule has 0 aromatic heterocycles. The van der Waals surface area contributed by atoms with Crippen molar-refractivity contribution in [3.63, 3.8) is 0 Å². The molecule has 0 saturated carbocycles. The number of halogens is 4. The molecule has 6 nitrogen and oxygen atoms in total. The first kappa shape index (κ1) is 21.5. The number of anilines is 2. The number of benzene rings is 2. The predicted molar refractivity (Wildman–Crippen MR) is 103 cm³/mol. The van der Waals surface area contributed by atoms with Gasteiger partial charge in [-0.05, 0) is 49.6 Å². The summed E-state index contributed by atoms with van der Waals surface area (Å²) in [5.41, 5.74) is -0.768. The van der Waals surface area contributed by atoms with Crippen LogP contribution >= 0.6 is 0 Å². The molecule has 1 N–H and O–H groups in total. The molecule has 2 aromatic carbocycles. The van der Waals surface area contributed by atoms with Gasteiger partial charge in [0.25, 0.3) is 5.69 Å². The Morgan fingerprint density at radius 2 is 1.83 bits per heavy atom. The van der Waals surface area contributed by atoms with Gasteiger partial charge in [-0.3, -0.25) is 14.9 Å². The summed E-state index contributed by atoms with van der Waals surface area (Å²) in [6.07, 6.45) is -4.02. The second-order valence-electron chi connectivity index (χ2n) is 7.19. The first-order valence-corrected chi connectivity index (χ1v) is 9.24. The zero-order valence-electron chi connectivity index (χ0n) is 16.0. The maximum absolute atomic E-state index is 13.9. The number of piperidine rings is 1. The standard InChI is InChI=1S/C20H19F4N3O3/c1-12-2-4-15(21)16(10-12)25-19(28)13-6-8-26(9-7-13)17-5-3-14(20(22,23)24)11-18(17)27(29)30/h2-5,10-11,13H,6-9H2,1H3,(H,25,28). The van der Waals surface area contributed by atoms with E-state index >= 15 is 0 Å². The largest absolute Gasteiger partial charge is 0.416 e. The van der Waals surface area contributed by atoms with Crippen LogP contribution in [0.2, 0.25) is 0 Å². The lowest BCUT2D eigenvalue weighted by Gasteiger charge is -2.32. The summed E-state index contributed by atoms with van der Waals surface area (Å²) in [7, 11) is 0. The molecular weight excluding hydrogens is 406 g/mol. The number of hydrogen-bond donors (Lipinski definition) is 1. The summed E-state index contributed by atoms with van der Waals surface area (Å²) >= 11 is 0. The van der Waals surface area contributed by atoms with Gasteiger partial charge in [-0.1, -0.05) is 6.07 Å². The molecule has 1 aliphatic heterocycles. The first-order chi connectivity index (χ1) is 14.1. The zero-order chi connectivity index (χ0) is 22.1. The van der Waals surface area contributed by atoms with E-state index in [0.717, 1.165) is 17.7 Å². The molecule has 1 saturated heterocycles. The third-order valence-corrected chi connectivity index (χ3v) is 5.09. The number of alkyl halides is 3. The van der Waals surface area contributed by atoms with Gasteiger partial charge in [0.15, 0.2) is 0 Å². The van der Waals surface area contributed by atoms with E-state index in [4.69, 9.17) is 0 Å². The summed E-state index contributed by atoms with van der Waals surface area (Å²) < 4.78 is 52.5. The van der Waals surface area contributed by atoms with Crippen LogP contribution in [0, 0.1) is 28.8 Å². The number of nitro groups is 1. The lowest BCUT2D eigenvalue weighted by atomic mass is 9.95. The average molecular weight is 425 g/mol. The number of nitrogens with zero attached hydrogens (tertiary/aromatic N) is 2. The minimum atomic E-state index is -4.68. The van der Waals surface area contributed by atoms with Gasteiger partial charge in [0.1, 0.15) is 11.5 Å². The van der Waals surface area contributed by atoms with Gasteiger partial charge < -0.3 is 10.2 Å². The number of nitrogens with one attached hydrogen (secondary N) is 1. The van der Waals surface area contributed by atoms with E-state index in [-0.39, 0.29) is 30.4 Å². The number of aryl methyl sites for hydroxylation is 1. The van der Waals surface area contributed by atoms with Gasteiger partial charge in [-0.2, -0.15) is 13.2 Å². The van der Waals surface area contributed by atoms with Crippen molar-refractivity contribution in [2.45, 2.75) is 25.9 Å². The molecular formula is C20H19F4N3O3. The molecule has 10 heteroatoms. The third kappa shape index (κ3) is 4.69. The van der Waals surface area contributed by atoms with Crippen LogP contribution in [-0.4, -0.2) is 23.9 Å². The number of rotatable bonds is 4. The van der Waals surface area contributed by atoms with Crippen LogP contribution < -0.4 is 10.2 Å². The zero-order valence-corrected chi connectivity index (χ0v) is 16.0. The lowest BCUT2D eigenvalue weighted by Crippen LogP contribution is -2.38. The van der Waals surface area contributed by atoms with Crippen LogP contribution in [0.25, 0.3) is 0 Å². The molecule has 0 bridgehead atoms. The van der Waals surface area contributed by atoms with Gasteiger partial charge >= 0.3 is 6.18 Å². The minimum Gasteiger partial charge on any atom is -0.366 e. The molecule has 30 heavy (non-hydrogen) atoms. The van der Waals surface area contributed by atoms with Crippen molar-refractivity contribution in [3.8, 4) is 0 Å². The van der Waals surface area contributed by atoms with E-state index in [1.54, 1.807) is 17.9 Å². The summed E-state index contributed by atoms with van der Waals surface area (Å²) in [6, 6.07) is 6.78. The highest BCUT2D eigenvalue weighted by Crippen LogP contribution is 2.37. The molecule has 1 amide bonds. The van der Waals surface area contributed by atoms with Gasteiger partial charge in [0.05, 0.1) is 16.2 Å². The molecule has 0 radical (unpaired) electrons. The van der Waals surface area contributed by atoms with Gasteiger partial charge in [0, 0.05) is 25.1 Å². The molecule has 0 aliphatic carbocycles. The third-order valence-electron chi connectivity index (χ3n) is 5.09. The molecule has 2 aromatic rings. The van der Waals surface area contributed by atoms with E-state index in [2.05, 4.69) is 5.32 Å². The summed E-state index contributed by atoms with van der Waals surface area (Å²) in [5, 5.41) is 13.9. The van der Waals surface area contributed by atoms with Crippen LogP contribution in [0.4, 0.5) is 34.6 Å². The van der Waals surface area contributed by atoms with Gasteiger partial charge in [0.2, 0.25) is 5.91 Å². The van der Waals surface area contributed by atoms with E-state index in [0.29, 0.717) is 18.9 Å². The van der Waals surface area contributed by atoms with E-state index < -0.39 is 34.1 Å². The highest BCUT2D eigenvalue weighted by atomic mass is 19.4. The molecule has 1 fully saturated rings. The fraction of sp³-hybridized carbons (Fsp3) is 0.350. The number of carbonyl (C=O) groups excluding carboxylic acids is 1. The number of carbonyl (C=O) groups is 1. The van der Waals surface area contributed by atoms with Crippen LogP contribution in [0.15, 0.2) is 36.4 Å². The van der Waals surface area contributed by atoms with E-state index in [9.17, 15) is 32.5 Å². The molecule has 1 heterocycles. The van der Waals surface area contributed by atoms with Crippen molar-refractivity contribution in [2.24, 2.45) is 5.92 Å². The number of amides is 1. The molecule has 160 valence electrons. The Balaban J connectivity index is 1.70. The first-order valence-electron chi connectivity index (χ1n) is 9.24. The topological polar surface area (TPSA) is 75.5 Å². The van der Waals surface area contributed by atoms with Gasteiger partial charge in [-0.25, -0.2) is 4.39 Å².